The van der Waals surface area contributed by atoms with E-state index in [-0.39, 0.29) is 12.5 Å². The van der Waals surface area contributed by atoms with E-state index in [2.05, 4.69) is 10.5 Å². The van der Waals surface area contributed by atoms with Gasteiger partial charge < -0.3 is 4.74 Å². The van der Waals surface area contributed by atoms with Crippen LogP contribution in [0.2, 0.25) is 0 Å². The summed E-state index contributed by atoms with van der Waals surface area (Å²) in [6, 6.07) is 7.66. The lowest BCUT2D eigenvalue weighted by molar-refractivity contribution is -0.123. The third kappa shape index (κ3) is 3.59. The fourth-order valence-corrected chi connectivity index (χ4v) is 2.22. The second-order valence-corrected chi connectivity index (χ2v) is 5.72. The molecule has 106 valence electrons. The number of amides is 1. The molecule has 0 unspecified atom stereocenters. The van der Waals surface area contributed by atoms with Crippen molar-refractivity contribution in [3.63, 3.8) is 0 Å². The van der Waals surface area contributed by atoms with Crippen molar-refractivity contribution >= 4 is 11.6 Å². The minimum Gasteiger partial charge on any atom is -0.484 e. The van der Waals surface area contributed by atoms with Crippen molar-refractivity contribution in [1.29, 1.82) is 0 Å². The molecule has 0 atom stereocenters. The third-order valence-corrected chi connectivity index (χ3v) is 3.69. The molecule has 3 rings (SSSR count). The number of hydrogen-bond acceptors (Lipinski definition) is 3. The predicted molar refractivity (Wildman–Crippen MR) is 77.7 cm³/mol. The van der Waals surface area contributed by atoms with E-state index in [0.29, 0.717) is 17.6 Å². The van der Waals surface area contributed by atoms with E-state index < -0.39 is 0 Å². The number of carbonyl (C=O) groups excluding carboxylic acids is 1. The van der Waals surface area contributed by atoms with Crippen LogP contribution in [0.4, 0.5) is 0 Å². The fourth-order valence-electron chi connectivity index (χ4n) is 2.22. The zero-order valence-electron chi connectivity index (χ0n) is 11.8. The van der Waals surface area contributed by atoms with E-state index >= 15 is 0 Å². The Hall–Kier alpha value is -1.84. The lowest BCUT2D eigenvalue weighted by Crippen LogP contribution is -2.26. The maximum Gasteiger partial charge on any atom is 0.277 e. The number of hydrogen-bond donors (Lipinski definition) is 1. The van der Waals surface area contributed by atoms with Crippen LogP contribution in [0.3, 0.4) is 0 Å². The van der Waals surface area contributed by atoms with Crippen LogP contribution < -0.4 is 10.2 Å². The van der Waals surface area contributed by atoms with Gasteiger partial charge in [-0.05, 0) is 56.6 Å². The second-order valence-electron chi connectivity index (χ2n) is 5.72. The average molecular weight is 272 g/mol. The SMILES string of the molecule is Cc1ccc(OCC(=O)NN=C(C2CC2)C2CC2)cc1. The van der Waals surface area contributed by atoms with Crippen LogP contribution >= 0.6 is 0 Å². The number of hydrazone groups is 1. The van der Waals surface area contributed by atoms with Crippen molar-refractivity contribution in [3.8, 4) is 5.75 Å². The largest absolute Gasteiger partial charge is 0.484 e. The van der Waals surface area contributed by atoms with E-state index in [1.807, 2.05) is 31.2 Å². The first-order chi connectivity index (χ1) is 9.72. The van der Waals surface area contributed by atoms with Gasteiger partial charge in [0.05, 0.1) is 0 Å². The van der Waals surface area contributed by atoms with Gasteiger partial charge in [-0.2, -0.15) is 5.10 Å². The summed E-state index contributed by atoms with van der Waals surface area (Å²) in [6.45, 7) is 2.03. The molecule has 1 aromatic carbocycles. The van der Waals surface area contributed by atoms with Crippen molar-refractivity contribution < 1.29 is 9.53 Å². The molecular formula is C16H20N2O2. The van der Waals surface area contributed by atoms with Crippen LogP contribution in [0.5, 0.6) is 5.75 Å². The van der Waals surface area contributed by atoms with E-state index in [9.17, 15) is 4.79 Å². The lowest BCUT2D eigenvalue weighted by Gasteiger charge is -2.07. The summed E-state index contributed by atoms with van der Waals surface area (Å²) in [6.07, 6.45) is 4.91. The first kappa shape index (κ1) is 13.2. The van der Waals surface area contributed by atoms with Crippen molar-refractivity contribution in [2.24, 2.45) is 16.9 Å². The zero-order chi connectivity index (χ0) is 13.9. The first-order valence-corrected chi connectivity index (χ1v) is 7.28. The summed E-state index contributed by atoms with van der Waals surface area (Å²) in [7, 11) is 0. The van der Waals surface area contributed by atoms with Gasteiger partial charge in [0.15, 0.2) is 6.61 Å². The van der Waals surface area contributed by atoms with Gasteiger partial charge >= 0.3 is 0 Å². The van der Waals surface area contributed by atoms with Crippen LogP contribution in [0.25, 0.3) is 0 Å². The third-order valence-electron chi connectivity index (χ3n) is 3.69. The van der Waals surface area contributed by atoms with Crippen LogP contribution in [-0.4, -0.2) is 18.2 Å². The zero-order valence-corrected chi connectivity index (χ0v) is 11.8. The molecule has 0 bridgehead atoms. The lowest BCUT2D eigenvalue weighted by atomic mass is 10.2. The summed E-state index contributed by atoms with van der Waals surface area (Å²) in [4.78, 5) is 11.7. The maximum atomic E-state index is 11.7. The van der Waals surface area contributed by atoms with Crippen LogP contribution in [0.15, 0.2) is 29.4 Å². The molecule has 4 nitrogen and oxygen atoms in total. The van der Waals surface area contributed by atoms with Gasteiger partial charge in [0.1, 0.15) is 5.75 Å². The summed E-state index contributed by atoms with van der Waals surface area (Å²) in [5, 5.41) is 4.31. The molecule has 0 radical (unpaired) electrons. The summed E-state index contributed by atoms with van der Waals surface area (Å²) in [5.74, 6) is 1.77. The molecule has 0 aliphatic heterocycles. The Bertz CT molecular complexity index is 500. The van der Waals surface area contributed by atoms with Gasteiger partial charge in [-0.3, -0.25) is 4.79 Å². The number of carbonyl (C=O) groups is 1. The minimum atomic E-state index is -0.190. The van der Waals surface area contributed by atoms with E-state index in [1.54, 1.807) is 0 Å². The molecule has 1 aromatic rings. The molecule has 1 amide bonds. The second kappa shape index (κ2) is 5.65. The Labute approximate surface area is 119 Å². The molecule has 0 spiro atoms. The number of nitrogens with one attached hydrogen (secondary N) is 1. The molecule has 1 N–H and O–H groups in total. The Morgan fingerprint density at radius 3 is 2.35 bits per heavy atom. The molecule has 0 aromatic heterocycles. The Morgan fingerprint density at radius 2 is 1.80 bits per heavy atom. The van der Waals surface area contributed by atoms with Crippen molar-refractivity contribution in [1.82, 2.24) is 5.43 Å². The molecule has 2 aliphatic carbocycles. The van der Waals surface area contributed by atoms with Crippen molar-refractivity contribution in [2.75, 3.05) is 6.61 Å². The van der Waals surface area contributed by atoms with E-state index in [0.717, 1.165) is 0 Å². The summed E-state index contributed by atoms with van der Waals surface area (Å²) >= 11 is 0. The van der Waals surface area contributed by atoms with Gasteiger partial charge in [-0.15, -0.1) is 0 Å². The summed E-state index contributed by atoms with van der Waals surface area (Å²) in [5.41, 5.74) is 5.00. The number of ether oxygens (including phenoxy) is 1. The maximum absolute atomic E-state index is 11.7. The highest BCUT2D eigenvalue weighted by Gasteiger charge is 2.38. The smallest absolute Gasteiger partial charge is 0.277 e. The van der Waals surface area contributed by atoms with E-state index in [4.69, 9.17) is 4.74 Å². The summed E-state index contributed by atoms with van der Waals surface area (Å²) < 4.78 is 5.43. The Morgan fingerprint density at radius 1 is 1.20 bits per heavy atom. The number of nitrogens with zero attached hydrogens (tertiary/aromatic N) is 1. The molecule has 0 saturated heterocycles. The molecule has 2 saturated carbocycles. The number of aryl methyl sites for hydroxylation is 1. The number of rotatable bonds is 6. The topological polar surface area (TPSA) is 50.7 Å². The molecular weight excluding hydrogens is 252 g/mol. The minimum absolute atomic E-state index is 0.00910. The molecule has 20 heavy (non-hydrogen) atoms. The molecule has 4 heteroatoms. The standard InChI is InChI=1S/C16H20N2O2/c1-11-2-8-14(9-3-11)20-10-15(19)17-18-16(12-4-5-12)13-6-7-13/h2-3,8-9,12-13H,4-7,10H2,1H3,(H,17,19). The van der Waals surface area contributed by atoms with Crippen LogP contribution in [-0.2, 0) is 4.79 Å². The van der Waals surface area contributed by atoms with Gasteiger partial charge in [0.25, 0.3) is 5.91 Å². The predicted octanol–water partition coefficient (Wildman–Crippen LogP) is 2.67. The van der Waals surface area contributed by atoms with Gasteiger partial charge in [-0.25, -0.2) is 5.43 Å². The molecule has 2 aliphatic rings. The number of benzene rings is 1. The molecule has 0 heterocycles. The monoisotopic (exact) mass is 272 g/mol. The van der Waals surface area contributed by atoms with Gasteiger partial charge in [0, 0.05) is 5.71 Å². The highest BCUT2D eigenvalue weighted by Crippen LogP contribution is 2.41. The average Bonchev–Trinajstić information content (AvgIpc) is 3.31. The Kier molecular flexibility index (Phi) is 3.72. The van der Waals surface area contributed by atoms with Crippen molar-refractivity contribution in [3.05, 3.63) is 29.8 Å². The normalized spacial score (nSPS) is 17.4. The van der Waals surface area contributed by atoms with Crippen LogP contribution in [0.1, 0.15) is 31.2 Å². The van der Waals surface area contributed by atoms with Crippen LogP contribution in [0, 0.1) is 18.8 Å². The van der Waals surface area contributed by atoms with Crippen molar-refractivity contribution in [2.45, 2.75) is 32.6 Å². The molecule has 2 fully saturated rings. The highest BCUT2D eigenvalue weighted by atomic mass is 16.5. The quantitative estimate of drug-likeness (QED) is 0.639. The van der Waals surface area contributed by atoms with Gasteiger partial charge in [-0.1, -0.05) is 17.7 Å². The Balaban J connectivity index is 1.47. The van der Waals surface area contributed by atoms with Gasteiger partial charge in [0.2, 0.25) is 0 Å². The highest BCUT2D eigenvalue weighted by molar-refractivity contribution is 5.93. The first-order valence-electron chi connectivity index (χ1n) is 7.28. The van der Waals surface area contributed by atoms with E-state index in [1.165, 1.54) is 37.0 Å². The fraction of sp³-hybridized carbons (Fsp3) is 0.500.